The molecule has 1 rings (SSSR count). The van der Waals surface area contributed by atoms with Gasteiger partial charge in [0.15, 0.2) is 0 Å². The maximum Gasteiger partial charge on any atom is 0.319 e. The molecule has 0 aliphatic carbocycles. The van der Waals surface area contributed by atoms with E-state index < -0.39 is 0 Å². The fraction of sp³-hybridized carbons (Fsp3) is 0.364. The molecule has 0 aromatic heterocycles. The molecule has 5 heteroatoms. The van der Waals surface area contributed by atoms with Crippen LogP contribution in [0.3, 0.4) is 0 Å². The van der Waals surface area contributed by atoms with Crippen molar-refractivity contribution < 1.29 is 4.79 Å². The number of anilines is 2. The van der Waals surface area contributed by atoms with E-state index in [-0.39, 0.29) is 6.03 Å². The topological polar surface area (TPSA) is 67.2 Å². The number of nitrogens with two attached hydrogens (primary N) is 1. The minimum atomic E-state index is -0.223. The zero-order chi connectivity index (χ0) is 12.1. The molecule has 0 bridgehead atoms. The third-order valence-electron chi connectivity index (χ3n) is 2.10. The smallest absolute Gasteiger partial charge is 0.319 e. The largest absolute Gasteiger partial charge is 0.397 e. The van der Waals surface area contributed by atoms with Crippen LogP contribution >= 0.6 is 15.9 Å². The summed E-state index contributed by atoms with van der Waals surface area (Å²) in [5.74, 6) is 0. The van der Waals surface area contributed by atoms with Gasteiger partial charge in [-0.1, -0.05) is 22.9 Å². The van der Waals surface area contributed by atoms with Gasteiger partial charge in [0.1, 0.15) is 0 Å². The fourth-order valence-electron chi connectivity index (χ4n) is 1.34. The van der Waals surface area contributed by atoms with Crippen molar-refractivity contribution in [3.05, 3.63) is 22.2 Å². The summed E-state index contributed by atoms with van der Waals surface area (Å²) in [4.78, 5) is 11.5. The first kappa shape index (κ1) is 12.8. The van der Waals surface area contributed by atoms with Gasteiger partial charge in [-0.05, 0) is 31.0 Å². The van der Waals surface area contributed by atoms with Crippen molar-refractivity contribution in [1.29, 1.82) is 0 Å². The Labute approximate surface area is 104 Å². The SMILES string of the molecule is CCCNC(=O)Nc1c(C)cc(Br)cc1N. The first-order chi connectivity index (χ1) is 7.54. The average Bonchev–Trinajstić information content (AvgIpc) is 2.20. The molecule has 0 spiro atoms. The molecule has 0 heterocycles. The lowest BCUT2D eigenvalue weighted by atomic mass is 10.2. The number of carbonyl (C=O) groups excluding carboxylic acids is 1. The van der Waals surface area contributed by atoms with E-state index in [1.807, 2.05) is 19.9 Å². The highest BCUT2D eigenvalue weighted by Gasteiger charge is 2.08. The second-order valence-electron chi connectivity index (χ2n) is 3.57. The quantitative estimate of drug-likeness (QED) is 0.748. The van der Waals surface area contributed by atoms with E-state index in [0.717, 1.165) is 16.5 Å². The molecule has 0 aliphatic heterocycles. The Morgan fingerprint density at radius 1 is 1.50 bits per heavy atom. The van der Waals surface area contributed by atoms with Crippen LogP contribution in [0.25, 0.3) is 0 Å². The second-order valence-corrected chi connectivity index (χ2v) is 4.48. The van der Waals surface area contributed by atoms with Crippen LogP contribution in [0.5, 0.6) is 0 Å². The summed E-state index contributed by atoms with van der Waals surface area (Å²) in [6, 6.07) is 3.45. The first-order valence-corrected chi connectivity index (χ1v) is 5.94. The summed E-state index contributed by atoms with van der Waals surface area (Å²) in [6.07, 6.45) is 0.905. The van der Waals surface area contributed by atoms with Gasteiger partial charge in [0.05, 0.1) is 11.4 Å². The predicted molar refractivity (Wildman–Crippen MR) is 70.6 cm³/mol. The maximum absolute atomic E-state index is 11.5. The highest BCUT2D eigenvalue weighted by Crippen LogP contribution is 2.27. The van der Waals surface area contributed by atoms with E-state index in [1.165, 1.54) is 0 Å². The molecule has 1 aromatic rings. The summed E-state index contributed by atoms with van der Waals surface area (Å²) in [7, 11) is 0. The van der Waals surface area contributed by atoms with Gasteiger partial charge in [0.25, 0.3) is 0 Å². The van der Waals surface area contributed by atoms with Crippen LogP contribution in [0, 0.1) is 6.92 Å². The van der Waals surface area contributed by atoms with E-state index in [2.05, 4.69) is 26.6 Å². The van der Waals surface area contributed by atoms with Crippen LogP contribution in [0.1, 0.15) is 18.9 Å². The molecule has 4 N–H and O–H groups in total. The van der Waals surface area contributed by atoms with Gasteiger partial charge in [-0.15, -0.1) is 0 Å². The van der Waals surface area contributed by atoms with Crippen LogP contribution in [0.4, 0.5) is 16.2 Å². The molecule has 1 aromatic carbocycles. The average molecular weight is 286 g/mol. The lowest BCUT2D eigenvalue weighted by Crippen LogP contribution is -2.29. The van der Waals surface area contributed by atoms with Gasteiger partial charge >= 0.3 is 6.03 Å². The monoisotopic (exact) mass is 285 g/mol. The molecule has 0 aliphatic rings. The van der Waals surface area contributed by atoms with Crippen molar-refractivity contribution in [2.75, 3.05) is 17.6 Å². The molecule has 88 valence electrons. The summed E-state index contributed by atoms with van der Waals surface area (Å²) in [6.45, 7) is 4.55. The van der Waals surface area contributed by atoms with E-state index in [4.69, 9.17) is 5.73 Å². The Hall–Kier alpha value is -1.23. The van der Waals surface area contributed by atoms with Crippen LogP contribution in [-0.2, 0) is 0 Å². The number of nitrogens with one attached hydrogen (secondary N) is 2. The third kappa shape index (κ3) is 3.41. The Balaban J connectivity index is 2.77. The van der Waals surface area contributed by atoms with Gasteiger partial charge in [-0.25, -0.2) is 4.79 Å². The zero-order valence-electron chi connectivity index (χ0n) is 9.43. The molecule has 0 saturated carbocycles. The van der Waals surface area contributed by atoms with Crippen molar-refractivity contribution >= 4 is 33.3 Å². The third-order valence-corrected chi connectivity index (χ3v) is 2.56. The van der Waals surface area contributed by atoms with Gasteiger partial charge < -0.3 is 16.4 Å². The molecule has 0 unspecified atom stereocenters. The number of aryl methyl sites for hydroxylation is 1. The fourth-order valence-corrected chi connectivity index (χ4v) is 1.93. The highest BCUT2D eigenvalue weighted by atomic mass is 79.9. The Bertz CT molecular complexity index is 370. The molecule has 0 fully saturated rings. The Kier molecular flexibility index (Phi) is 4.61. The summed E-state index contributed by atoms with van der Waals surface area (Å²) < 4.78 is 0.905. The number of rotatable bonds is 3. The summed E-state index contributed by atoms with van der Waals surface area (Å²) in [5.41, 5.74) is 7.97. The molecule has 16 heavy (non-hydrogen) atoms. The number of carbonyl (C=O) groups is 1. The minimum absolute atomic E-state index is 0.223. The van der Waals surface area contributed by atoms with E-state index in [9.17, 15) is 4.79 Å². The molecule has 0 radical (unpaired) electrons. The molecule has 0 saturated heterocycles. The number of amides is 2. The van der Waals surface area contributed by atoms with Gasteiger partial charge in [0.2, 0.25) is 0 Å². The lowest BCUT2D eigenvalue weighted by Gasteiger charge is -2.12. The number of halogens is 1. The molecule has 0 atom stereocenters. The number of hydrogen-bond donors (Lipinski definition) is 3. The van der Waals surface area contributed by atoms with Crippen molar-refractivity contribution in [1.82, 2.24) is 5.32 Å². The molecular weight excluding hydrogens is 270 g/mol. The summed E-state index contributed by atoms with van der Waals surface area (Å²) in [5, 5.41) is 5.48. The number of urea groups is 1. The maximum atomic E-state index is 11.5. The number of benzene rings is 1. The standard InChI is InChI=1S/C11H16BrN3O/c1-3-4-14-11(16)15-10-7(2)5-8(12)6-9(10)13/h5-6H,3-4,13H2,1-2H3,(H2,14,15,16). The molecule has 2 amide bonds. The predicted octanol–water partition coefficient (Wildman–Crippen LogP) is 2.87. The van der Waals surface area contributed by atoms with Crippen LogP contribution in [0.15, 0.2) is 16.6 Å². The van der Waals surface area contributed by atoms with E-state index in [0.29, 0.717) is 17.9 Å². The summed E-state index contributed by atoms with van der Waals surface area (Å²) >= 11 is 3.35. The Morgan fingerprint density at radius 3 is 2.75 bits per heavy atom. The number of hydrogen-bond acceptors (Lipinski definition) is 2. The van der Waals surface area contributed by atoms with E-state index in [1.54, 1.807) is 6.07 Å². The lowest BCUT2D eigenvalue weighted by molar-refractivity contribution is 0.252. The molecular formula is C11H16BrN3O. The second kappa shape index (κ2) is 5.75. The molecule has 4 nitrogen and oxygen atoms in total. The van der Waals surface area contributed by atoms with Gasteiger partial charge in [0, 0.05) is 11.0 Å². The van der Waals surface area contributed by atoms with Crippen molar-refractivity contribution in [2.24, 2.45) is 0 Å². The van der Waals surface area contributed by atoms with Crippen molar-refractivity contribution in [3.8, 4) is 0 Å². The van der Waals surface area contributed by atoms with Gasteiger partial charge in [-0.3, -0.25) is 0 Å². The first-order valence-electron chi connectivity index (χ1n) is 5.15. The van der Waals surface area contributed by atoms with Crippen LogP contribution < -0.4 is 16.4 Å². The highest BCUT2D eigenvalue weighted by molar-refractivity contribution is 9.10. The van der Waals surface area contributed by atoms with Crippen LogP contribution in [-0.4, -0.2) is 12.6 Å². The van der Waals surface area contributed by atoms with E-state index >= 15 is 0 Å². The van der Waals surface area contributed by atoms with Crippen LogP contribution in [0.2, 0.25) is 0 Å². The van der Waals surface area contributed by atoms with Gasteiger partial charge in [-0.2, -0.15) is 0 Å². The number of nitrogen functional groups attached to an aromatic ring is 1. The van der Waals surface area contributed by atoms with Crippen molar-refractivity contribution in [2.45, 2.75) is 20.3 Å². The normalized spacial score (nSPS) is 9.94. The minimum Gasteiger partial charge on any atom is -0.397 e. The zero-order valence-corrected chi connectivity index (χ0v) is 11.0. The Morgan fingerprint density at radius 2 is 2.19 bits per heavy atom. The van der Waals surface area contributed by atoms with Crippen molar-refractivity contribution in [3.63, 3.8) is 0 Å².